The summed E-state index contributed by atoms with van der Waals surface area (Å²) in [7, 11) is 3.22. The van der Waals surface area contributed by atoms with Crippen LogP contribution in [0.15, 0.2) is 48.5 Å². The van der Waals surface area contributed by atoms with Crippen molar-refractivity contribution in [3.8, 4) is 11.5 Å². The van der Waals surface area contributed by atoms with E-state index in [1.807, 2.05) is 69.9 Å². The number of methoxy groups -OCH3 is 2. The maximum Gasteiger partial charge on any atom is 0.410 e. The molecule has 0 N–H and O–H groups in total. The summed E-state index contributed by atoms with van der Waals surface area (Å²) in [5.74, 6) is 0.970. The van der Waals surface area contributed by atoms with Gasteiger partial charge in [0.1, 0.15) is 5.60 Å². The number of nitrogens with zero attached hydrogens (tertiary/aromatic N) is 2. The van der Waals surface area contributed by atoms with Crippen molar-refractivity contribution in [3.63, 3.8) is 0 Å². The first-order valence-corrected chi connectivity index (χ1v) is 14.7. The molecule has 1 aliphatic heterocycles. The van der Waals surface area contributed by atoms with Crippen molar-refractivity contribution in [1.29, 1.82) is 0 Å². The van der Waals surface area contributed by atoms with Crippen LogP contribution in [0.2, 0.25) is 0 Å². The molecular formula is C33H48N2O7. The number of benzene rings is 2. The van der Waals surface area contributed by atoms with Crippen LogP contribution in [0.5, 0.6) is 11.5 Å². The molecule has 0 bridgehead atoms. The molecular weight excluding hydrogens is 536 g/mol. The van der Waals surface area contributed by atoms with Crippen molar-refractivity contribution in [2.24, 2.45) is 5.92 Å². The molecule has 9 heteroatoms. The van der Waals surface area contributed by atoms with E-state index in [4.69, 9.17) is 23.7 Å². The molecule has 1 saturated heterocycles. The predicted molar refractivity (Wildman–Crippen MR) is 162 cm³/mol. The highest BCUT2D eigenvalue weighted by Crippen LogP contribution is 2.31. The molecule has 3 rings (SSSR count). The molecule has 232 valence electrons. The Morgan fingerprint density at radius 2 is 1.74 bits per heavy atom. The maximum absolute atomic E-state index is 14.1. The van der Waals surface area contributed by atoms with E-state index in [2.05, 4.69) is 0 Å². The third-order valence-electron chi connectivity index (χ3n) is 6.98. The van der Waals surface area contributed by atoms with Gasteiger partial charge in [0, 0.05) is 50.8 Å². The van der Waals surface area contributed by atoms with Gasteiger partial charge in [-0.3, -0.25) is 4.79 Å². The van der Waals surface area contributed by atoms with Gasteiger partial charge in [0.15, 0.2) is 11.5 Å². The minimum absolute atomic E-state index is 0.0320. The third kappa shape index (κ3) is 9.91. The van der Waals surface area contributed by atoms with Gasteiger partial charge < -0.3 is 33.5 Å². The van der Waals surface area contributed by atoms with E-state index in [1.54, 1.807) is 37.3 Å². The first kappa shape index (κ1) is 33.2. The van der Waals surface area contributed by atoms with Gasteiger partial charge in [-0.15, -0.1) is 0 Å². The summed E-state index contributed by atoms with van der Waals surface area (Å²) in [6.07, 6.45) is 1.04. The lowest BCUT2D eigenvalue weighted by atomic mass is 9.92. The van der Waals surface area contributed by atoms with E-state index in [1.165, 1.54) is 0 Å². The van der Waals surface area contributed by atoms with E-state index in [9.17, 15) is 9.59 Å². The average Bonchev–Trinajstić information content (AvgIpc) is 2.94. The number of piperidine rings is 1. The SMILES string of the molecule is COCCCOc1cc(C(=O)N(C(C)C)[C@@H]2C[C@H](COCc3ccccc3)CN(C(=O)OC(C)(C)C)C2)ccc1OC. The molecule has 0 radical (unpaired) electrons. The second-order valence-electron chi connectivity index (χ2n) is 12.0. The number of ether oxygens (including phenoxy) is 5. The second kappa shape index (κ2) is 15.8. The highest BCUT2D eigenvalue weighted by molar-refractivity contribution is 5.95. The van der Waals surface area contributed by atoms with Gasteiger partial charge >= 0.3 is 6.09 Å². The molecule has 1 fully saturated rings. The number of amides is 2. The topological polar surface area (TPSA) is 86.8 Å². The lowest BCUT2D eigenvalue weighted by molar-refractivity contribution is -0.0153. The second-order valence-corrected chi connectivity index (χ2v) is 12.0. The smallest absolute Gasteiger partial charge is 0.410 e. The van der Waals surface area contributed by atoms with Crippen LogP contribution in [0.4, 0.5) is 4.79 Å². The number of hydrogen-bond acceptors (Lipinski definition) is 7. The Morgan fingerprint density at radius 1 is 1.00 bits per heavy atom. The van der Waals surface area contributed by atoms with Crippen LogP contribution >= 0.6 is 0 Å². The van der Waals surface area contributed by atoms with E-state index in [0.717, 1.165) is 5.56 Å². The zero-order chi connectivity index (χ0) is 30.7. The Morgan fingerprint density at radius 3 is 2.38 bits per heavy atom. The van der Waals surface area contributed by atoms with E-state index in [-0.39, 0.29) is 30.0 Å². The largest absolute Gasteiger partial charge is 0.493 e. The summed E-state index contributed by atoms with van der Waals surface area (Å²) >= 11 is 0. The highest BCUT2D eigenvalue weighted by atomic mass is 16.6. The Kier molecular flexibility index (Phi) is 12.5. The zero-order valence-corrected chi connectivity index (χ0v) is 26.3. The van der Waals surface area contributed by atoms with Gasteiger partial charge in [-0.1, -0.05) is 30.3 Å². The van der Waals surface area contributed by atoms with Gasteiger partial charge in [0.2, 0.25) is 0 Å². The Hall–Kier alpha value is -3.30. The molecule has 0 saturated carbocycles. The molecule has 2 aromatic rings. The molecule has 9 nitrogen and oxygen atoms in total. The van der Waals surface area contributed by atoms with Crippen molar-refractivity contribution in [2.45, 2.75) is 71.8 Å². The quantitative estimate of drug-likeness (QED) is 0.275. The molecule has 0 spiro atoms. The molecule has 0 aliphatic carbocycles. The Bertz CT molecular complexity index is 1130. The predicted octanol–water partition coefficient (Wildman–Crippen LogP) is 5.80. The van der Waals surface area contributed by atoms with Gasteiger partial charge in [-0.25, -0.2) is 4.79 Å². The summed E-state index contributed by atoms with van der Waals surface area (Å²) in [5, 5.41) is 0. The van der Waals surface area contributed by atoms with Crippen molar-refractivity contribution in [2.75, 3.05) is 47.1 Å². The fourth-order valence-electron chi connectivity index (χ4n) is 5.17. The Balaban J connectivity index is 1.82. The van der Waals surface area contributed by atoms with Gasteiger partial charge in [-0.05, 0) is 64.8 Å². The van der Waals surface area contributed by atoms with Gasteiger partial charge in [-0.2, -0.15) is 0 Å². The maximum atomic E-state index is 14.1. The number of rotatable bonds is 13. The number of hydrogen-bond donors (Lipinski definition) is 0. The van der Waals surface area contributed by atoms with Crippen LogP contribution in [0, 0.1) is 5.92 Å². The minimum atomic E-state index is -0.625. The molecule has 0 aromatic heterocycles. The van der Waals surface area contributed by atoms with Crippen LogP contribution in [0.25, 0.3) is 0 Å². The van der Waals surface area contributed by atoms with E-state index < -0.39 is 5.60 Å². The molecule has 1 aliphatic rings. The van der Waals surface area contributed by atoms with Crippen molar-refractivity contribution in [3.05, 3.63) is 59.7 Å². The van der Waals surface area contributed by atoms with Crippen LogP contribution in [-0.4, -0.2) is 86.6 Å². The fourth-order valence-corrected chi connectivity index (χ4v) is 5.17. The Labute approximate surface area is 251 Å². The first-order chi connectivity index (χ1) is 20.0. The van der Waals surface area contributed by atoms with Crippen LogP contribution < -0.4 is 9.47 Å². The monoisotopic (exact) mass is 584 g/mol. The van der Waals surface area contributed by atoms with E-state index >= 15 is 0 Å². The molecule has 42 heavy (non-hydrogen) atoms. The number of likely N-dealkylation sites (tertiary alicyclic amines) is 1. The normalized spacial score (nSPS) is 17.2. The summed E-state index contributed by atoms with van der Waals surface area (Å²) in [6.45, 7) is 12.4. The molecule has 0 unspecified atom stereocenters. The molecule has 1 heterocycles. The van der Waals surface area contributed by atoms with Crippen LogP contribution in [-0.2, 0) is 20.8 Å². The number of carbonyl (C=O) groups is 2. The summed E-state index contributed by atoms with van der Waals surface area (Å²) < 4.78 is 28.4. The van der Waals surface area contributed by atoms with Crippen LogP contribution in [0.1, 0.15) is 63.4 Å². The first-order valence-electron chi connectivity index (χ1n) is 14.7. The van der Waals surface area contributed by atoms with Crippen molar-refractivity contribution < 1.29 is 33.3 Å². The van der Waals surface area contributed by atoms with E-state index in [0.29, 0.717) is 69.4 Å². The average molecular weight is 585 g/mol. The third-order valence-corrected chi connectivity index (χ3v) is 6.98. The summed E-state index contributed by atoms with van der Waals surface area (Å²) in [4.78, 5) is 30.9. The fraction of sp³-hybridized carbons (Fsp3) is 0.576. The van der Waals surface area contributed by atoms with Crippen molar-refractivity contribution in [1.82, 2.24) is 9.80 Å². The van der Waals surface area contributed by atoms with Crippen LogP contribution in [0.3, 0.4) is 0 Å². The number of carbonyl (C=O) groups excluding carboxylic acids is 2. The summed E-state index contributed by atoms with van der Waals surface area (Å²) in [6, 6.07) is 14.9. The van der Waals surface area contributed by atoms with Gasteiger partial charge in [0.25, 0.3) is 5.91 Å². The molecule has 2 atom stereocenters. The standard InChI is InChI=1S/C33H48N2O7/c1-24(2)35(31(36)27-14-15-29(39-7)30(19-27)41-17-11-16-38-6)28-18-26(23-40-22-25-12-9-8-10-13-25)20-34(21-28)32(37)42-33(3,4)5/h8-10,12-15,19,24,26,28H,11,16-18,20-23H2,1-7H3/t26-,28+/m0/s1. The highest BCUT2D eigenvalue weighted by Gasteiger charge is 2.38. The summed E-state index contributed by atoms with van der Waals surface area (Å²) in [5.41, 5.74) is 0.963. The van der Waals surface area contributed by atoms with Gasteiger partial charge in [0.05, 0.1) is 33.0 Å². The minimum Gasteiger partial charge on any atom is -0.493 e. The molecule has 2 aromatic carbocycles. The zero-order valence-electron chi connectivity index (χ0n) is 26.3. The molecule has 2 amide bonds. The lowest BCUT2D eigenvalue weighted by Gasteiger charge is -2.44. The lowest BCUT2D eigenvalue weighted by Crippen LogP contribution is -2.57. The van der Waals surface area contributed by atoms with Crippen molar-refractivity contribution >= 4 is 12.0 Å².